The summed E-state index contributed by atoms with van der Waals surface area (Å²) in [5.41, 5.74) is 1.96. The molecule has 4 nitrogen and oxygen atoms in total. The van der Waals surface area contributed by atoms with Gasteiger partial charge >= 0.3 is 6.03 Å². The standard InChI is InChI=1S/C12H16N2O2/c1-8-4-5-11-10(6-8)14(12(15)13-3)7-9(2)16-11/h4-6,9H,7H2,1-3H3,(H,13,15)/t9-/m0/s1. The fraction of sp³-hybridized carbons (Fsp3) is 0.417. The molecule has 0 saturated carbocycles. The lowest BCUT2D eigenvalue weighted by Crippen LogP contribution is -2.46. The van der Waals surface area contributed by atoms with Crippen molar-refractivity contribution in [3.63, 3.8) is 0 Å². The number of hydrogen-bond donors (Lipinski definition) is 1. The predicted octanol–water partition coefficient (Wildman–Crippen LogP) is 1.92. The van der Waals surface area contributed by atoms with Crippen molar-refractivity contribution < 1.29 is 9.53 Å². The number of urea groups is 1. The van der Waals surface area contributed by atoms with Crippen molar-refractivity contribution in [2.24, 2.45) is 0 Å². The third-order valence-corrected chi connectivity index (χ3v) is 2.63. The smallest absolute Gasteiger partial charge is 0.321 e. The van der Waals surface area contributed by atoms with E-state index in [1.54, 1.807) is 11.9 Å². The van der Waals surface area contributed by atoms with Gasteiger partial charge in [0.05, 0.1) is 12.2 Å². The van der Waals surface area contributed by atoms with Crippen molar-refractivity contribution in [3.8, 4) is 5.75 Å². The van der Waals surface area contributed by atoms with Gasteiger partial charge < -0.3 is 10.1 Å². The van der Waals surface area contributed by atoms with E-state index < -0.39 is 0 Å². The first-order valence-electron chi connectivity index (χ1n) is 5.38. The molecule has 1 N–H and O–H groups in total. The van der Waals surface area contributed by atoms with Gasteiger partial charge in [-0.15, -0.1) is 0 Å². The fourth-order valence-electron chi connectivity index (χ4n) is 1.87. The van der Waals surface area contributed by atoms with Gasteiger partial charge in [-0.1, -0.05) is 6.07 Å². The summed E-state index contributed by atoms with van der Waals surface area (Å²) in [5, 5.41) is 2.65. The second-order valence-electron chi connectivity index (χ2n) is 4.07. The lowest BCUT2D eigenvalue weighted by molar-refractivity contribution is 0.206. The van der Waals surface area contributed by atoms with E-state index >= 15 is 0 Å². The Balaban J connectivity index is 2.43. The highest BCUT2D eigenvalue weighted by Gasteiger charge is 2.26. The Morgan fingerprint density at radius 2 is 2.31 bits per heavy atom. The Hall–Kier alpha value is -1.71. The first-order valence-corrected chi connectivity index (χ1v) is 5.38. The number of ether oxygens (including phenoxy) is 1. The van der Waals surface area contributed by atoms with E-state index in [1.165, 1.54) is 0 Å². The van der Waals surface area contributed by atoms with E-state index in [0.29, 0.717) is 6.54 Å². The molecule has 1 aliphatic rings. The molecule has 1 aromatic carbocycles. The summed E-state index contributed by atoms with van der Waals surface area (Å²) in [6.45, 7) is 4.54. The normalized spacial score (nSPS) is 18.7. The van der Waals surface area contributed by atoms with Crippen LogP contribution < -0.4 is 15.0 Å². The molecule has 1 heterocycles. The summed E-state index contributed by atoms with van der Waals surface area (Å²) in [7, 11) is 1.64. The summed E-state index contributed by atoms with van der Waals surface area (Å²) >= 11 is 0. The number of carbonyl (C=O) groups excluding carboxylic acids is 1. The first kappa shape index (κ1) is 10.8. The second kappa shape index (κ2) is 4.04. The number of carbonyl (C=O) groups is 1. The van der Waals surface area contributed by atoms with Crippen molar-refractivity contribution >= 4 is 11.7 Å². The van der Waals surface area contributed by atoms with Crippen LogP contribution in [0.1, 0.15) is 12.5 Å². The van der Waals surface area contributed by atoms with E-state index in [0.717, 1.165) is 17.0 Å². The zero-order valence-electron chi connectivity index (χ0n) is 9.78. The highest BCUT2D eigenvalue weighted by Crippen LogP contribution is 2.34. The molecule has 0 saturated heterocycles. The van der Waals surface area contributed by atoms with Crippen LogP contribution in [0.4, 0.5) is 10.5 Å². The molecule has 86 valence electrons. The highest BCUT2D eigenvalue weighted by atomic mass is 16.5. The molecule has 0 unspecified atom stereocenters. The summed E-state index contributed by atoms with van der Waals surface area (Å²) in [5.74, 6) is 0.771. The number of aryl methyl sites for hydroxylation is 1. The highest BCUT2D eigenvalue weighted by molar-refractivity contribution is 5.94. The zero-order chi connectivity index (χ0) is 11.7. The molecule has 0 radical (unpaired) electrons. The maximum Gasteiger partial charge on any atom is 0.321 e. The molecule has 0 spiro atoms. The van der Waals surface area contributed by atoms with Crippen molar-refractivity contribution in [2.45, 2.75) is 20.0 Å². The van der Waals surface area contributed by atoms with Gasteiger partial charge in [0.15, 0.2) is 0 Å². The van der Waals surface area contributed by atoms with Crippen LogP contribution in [0.5, 0.6) is 5.75 Å². The van der Waals surface area contributed by atoms with Crippen molar-refractivity contribution in [2.75, 3.05) is 18.5 Å². The molecule has 1 aromatic rings. The summed E-state index contributed by atoms with van der Waals surface area (Å²) in [6.07, 6.45) is 0.0208. The average molecular weight is 220 g/mol. The summed E-state index contributed by atoms with van der Waals surface area (Å²) in [6, 6.07) is 5.77. The van der Waals surface area contributed by atoms with E-state index in [9.17, 15) is 4.79 Å². The number of benzene rings is 1. The molecule has 0 aromatic heterocycles. The van der Waals surface area contributed by atoms with Gasteiger partial charge in [0.1, 0.15) is 11.9 Å². The molecule has 16 heavy (non-hydrogen) atoms. The maximum atomic E-state index is 11.7. The maximum absolute atomic E-state index is 11.7. The predicted molar refractivity (Wildman–Crippen MR) is 63.1 cm³/mol. The topological polar surface area (TPSA) is 41.6 Å². The van der Waals surface area contributed by atoms with Crippen LogP contribution in [-0.4, -0.2) is 25.7 Å². The van der Waals surface area contributed by atoms with Crippen LogP contribution in [0.3, 0.4) is 0 Å². The monoisotopic (exact) mass is 220 g/mol. The van der Waals surface area contributed by atoms with E-state index in [1.807, 2.05) is 32.0 Å². The molecule has 0 fully saturated rings. The zero-order valence-corrected chi connectivity index (χ0v) is 9.78. The quantitative estimate of drug-likeness (QED) is 0.725. The number of nitrogens with one attached hydrogen (secondary N) is 1. The van der Waals surface area contributed by atoms with Gasteiger partial charge in [0.2, 0.25) is 0 Å². The summed E-state index contributed by atoms with van der Waals surface area (Å²) in [4.78, 5) is 13.5. The van der Waals surface area contributed by atoms with Crippen molar-refractivity contribution in [3.05, 3.63) is 23.8 Å². The molecule has 2 rings (SSSR count). The minimum atomic E-state index is -0.0954. The minimum Gasteiger partial charge on any atom is -0.487 e. The van der Waals surface area contributed by atoms with Crippen molar-refractivity contribution in [1.29, 1.82) is 0 Å². The molecular formula is C12H16N2O2. The number of amides is 2. The number of anilines is 1. The van der Waals surface area contributed by atoms with Gasteiger partial charge in [-0.05, 0) is 31.5 Å². The molecule has 0 bridgehead atoms. The SMILES string of the molecule is CNC(=O)N1C[C@H](C)Oc2ccc(C)cc21. The van der Waals surface area contributed by atoms with E-state index in [4.69, 9.17) is 4.74 Å². The van der Waals surface area contributed by atoms with Crippen LogP contribution in [0.25, 0.3) is 0 Å². The fourth-order valence-corrected chi connectivity index (χ4v) is 1.87. The Labute approximate surface area is 95.2 Å². The van der Waals surface area contributed by atoms with Crippen LogP contribution in [0, 0.1) is 6.92 Å². The van der Waals surface area contributed by atoms with Crippen LogP contribution in [0.15, 0.2) is 18.2 Å². The van der Waals surface area contributed by atoms with E-state index in [2.05, 4.69) is 5.32 Å². The van der Waals surface area contributed by atoms with Crippen LogP contribution in [-0.2, 0) is 0 Å². The molecule has 0 aliphatic carbocycles. The van der Waals surface area contributed by atoms with Crippen LogP contribution in [0.2, 0.25) is 0 Å². The molecule has 2 amide bonds. The van der Waals surface area contributed by atoms with Gasteiger partial charge in [0.25, 0.3) is 0 Å². The van der Waals surface area contributed by atoms with Gasteiger partial charge in [-0.2, -0.15) is 0 Å². The lowest BCUT2D eigenvalue weighted by Gasteiger charge is -2.33. The number of rotatable bonds is 0. The molecule has 1 atom stereocenters. The second-order valence-corrected chi connectivity index (χ2v) is 4.07. The molecular weight excluding hydrogens is 204 g/mol. The molecule has 1 aliphatic heterocycles. The van der Waals surface area contributed by atoms with Crippen molar-refractivity contribution in [1.82, 2.24) is 5.32 Å². The van der Waals surface area contributed by atoms with Gasteiger partial charge in [-0.3, -0.25) is 4.90 Å². The molecule has 4 heteroatoms. The average Bonchev–Trinajstić information content (AvgIpc) is 2.27. The Kier molecular flexibility index (Phi) is 2.73. The van der Waals surface area contributed by atoms with Gasteiger partial charge in [-0.25, -0.2) is 4.79 Å². The number of hydrogen-bond acceptors (Lipinski definition) is 2. The third-order valence-electron chi connectivity index (χ3n) is 2.63. The number of fused-ring (bicyclic) bond motifs is 1. The minimum absolute atomic E-state index is 0.0208. The van der Waals surface area contributed by atoms with Gasteiger partial charge in [0, 0.05) is 7.05 Å². The Morgan fingerprint density at radius 1 is 1.56 bits per heavy atom. The lowest BCUT2D eigenvalue weighted by atomic mass is 10.1. The number of nitrogens with zero attached hydrogens (tertiary/aromatic N) is 1. The largest absolute Gasteiger partial charge is 0.487 e. The Morgan fingerprint density at radius 3 is 3.00 bits per heavy atom. The first-order chi connectivity index (χ1) is 7.61. The third kappa shape index (κ3) is 1.83. The van der Waals surface area contributed by atoms with Crippen LogP contribution >= 0.6 is 0 Å². The van der Waals surface area contributed by atoms with E-state index in [-0.39, 0.29) is 12.1 Å². The summed E-state index contributed by atoms with van der Waals surface area (Å²) < 4.78 is 5.69. The Bertz CT molecular complexity index is 417.